The van der Waals surface area contributed by atoms with Crippen LogP contribution in [0.3, 0.4) is 0 Å². The lowest BCUT2D eigenvalue weighted by atomic mass is 10.0. The summed E-state index contributed by atoms with van der Waals surface area (Å²) >= 11 is 0. The van der Waals surface area contributed by atoms with E-state index in [1.54, 1.807) is 16.9 Å². The molecule has 2 aliphatic rings. The Bertz CT molecular complexity index is 610. The molecule has 6 heteroatoms. The summed E-state index contributed by atoms with van der Waals surface area (Å²) in [6.07, 6.45) is 1.60. The van der Waals surface area contributed by atoms with Gasteiger partial charge in [-0.2, -0.15) is 0 Å². The predicted molar refractivity (Wildman–Crippen MR) is 85.5 cm³/mol. The van der Waals surface area contributed by atoms with Crippen LogP contribution in [-0.2, 0) is 14.3 Å². The van der Waals surface area contributed by atoms with Crippen molar-refractivity contribution in [3.63, 3.8) is 0 Å². The van der Waals surface area contributed by atoms with Gasteiger partial charge < -0.3 is 19.3 Å². The lowest BCUT2D eigenvalue weighted by Gasteiger charge is -2.38. The fourth-order valence-electron chi connectivity index (χ4n) is 3.24. The van der Waals surface area contributed by atoms with Crippen LogP contribution in [0.15, 0.2) is 24.3 Å². The van der Waals surface area contributed by atoms with Gasteiger partial charge in [0.05, 0.1) is 12.8 Å². The minimum Gasteiger partial charge on any atom is -0.495 e. The molecule has 0 spiro atoms. The predicted octanol–water partition coefficient (Wildman–Crippen LogP) is 1.44. The first-order chi connectivity index (χ1) is 11.0. The quantitative estimate of drug-likeness (QED) is 0.846. The topological polar surface area (TPSA) is 59.1 Å². The minimum atomic E-state index is -0.771. The molecule has 2 saturated heterocycles. The average molecular weight is 318 g/mol. The standard InChI is InChI=1S/C17H22N2O4/c1-17(8-5-11-23-17)16(21)18-9-10-19(15(20)12-18)13-6-3-4-7-14(13)22-2/h3-4,6-7H,5,8-12H2,1-2H3. The number of benzene rings is 1. The van der Waals surface area contributed by atoms with Crippen molar-refractivity contribution >= 4 is 17.5 Å². The van der Waals surface area contributed by atoms with E-state index in [0.29, 0.717) is 31.9 Å². The minimum absolute atomic E-state index is 0.0792. The molecule has 1 unspecified atom stereocenters. The fraction of sp³-hybridized carbons (Fsp3) is 0.529. The van der Waals surface area contributed by atoms with Crippen molar-refractivity contribution in [2.75, 3.05) is 38.3 Å². The highest BCUT2D eigenvalue weighted by Crippen LogP contribution is 2.31. The van der Waals surface area contributed by atoms with E-state index in [0.717, 1.165) is 12.1 Å². The molecule has 1 atom stereocenters. The zero-order valence-corrected chi connectivity index (χ0v) is 13.6. The van der Waals surface area contributed by atoms with E-state index < -0.39 is 5.60 Å². The van der Waals surface area contributed by atoms with Crippen molar-refractivity contribution in [2.24, 2.45) is 0 Å². The molecule has 1 aromatic rings. The SMILES string of the molecule is COc1ccccc1N1CCN(C(=O)C2(C)CCCO2)CC1=O. The maximum Gasteiger partial charge on any atom is 0.255 e. The monoisotopic (exact) mass is 318 g/mol. The second-order valence-electron chi connectivity index (χ2n) is 6.13. The highest BCUT2D eigenvalue weighted by Gasteiger charge is 2.42. The zero-order chi connectivity index (χ0) is 16.4. The molecule has 0 saturated carbocycles. The van der Waals surface area contributed by atoms with E-state index in [4.69, 9.17) is 9.47 Å². The van der Waals surface area contributed by atoms with E-state index >= 15 is 0 Å². The maximum absolute atomic E-state index is 12.6. The highest BCUT2D eigenvalue weighted by atomic mass is 16.5. The summed E-state index contributed by atoms with van der Waals surface area (Å²) in [6.45, 7) is 3.47. The van der Waals surface area contributed by atoms with Crippen LogP contribution in [0, 0.1) is 0 Å². The molecule has 0 bridgehead atoms. The van der Waals surface area contributed by atoms with E-state index in [9.17, 15) is 9.59 Å². The van der Waals surface area contributed by atoms with Gasteiger partial charge in [-0.15, -0.1) is 0 Å². The van der Waals surface area contributed by atoms with Gasteiger partial charge in [0, 0.05) is 19.7 Å². The van der Waals surface area contributed by atoms with Crippen LogP contribution in [0.1, 0.15) is 19.8 Å². The molecule has 2 aliphatic heterocycles. The summed E-state index contributed by atoms with van der Waals surface area (Å²) in [5.41, 5.74) is -0.0252. The largest absolute Gasteiger partial charge is 0.495 e. The van der Waals surface area contributed by atoms with Crippen LogP contribution in [0.25, 0.3) is 0 Å². The molecule has 0 aromatic heterocycles. The van der Waals surface area contributed by atoms with Gasteiger partial charge >= 0.3 is 0 Å². The van der Waals surface area contributed by atoms with Gasteiger partial charge in [0.1, 0.15) is 17.9 Å². The molecule has 0 N–H and O–H groups in total. The van der Waals surface area contributed by atoms with E-state index in [-0.39, 0.29) is 18.4 Å². The molecule has 0 aliphatic carbocycles. The number of para-hydroxylation sites is 2. The Kier molecular flexibility index (Phi) is 4.26. The number of ether oxygens (including phenoxy) is 2. The Morgan fingerprint density at radius 2 is 2.09 bits per heavy atom. The third kappa shape index (κ3) is 2.91. The van der Waals surface area contributed by atoms with Crippen molar-refractivity contribution in [1.29, 1.82) is 0 Å². The molecule has 2 heterocycles. The first-order valence-corrected chi connectivity index (χ1v) is 7.92. The molecule has 3 rings (SSSR count). The first kappa shape index (κ1) is 15.8. The third-order valence-electron chi connectivity index (χ3n) is 4.56. The summed E-state index contributed by atoms with van der Waals surface area (Å²) < 4.78 is 10.9. The third-order valence-corrected chi connectivity index (χ3v) is 4.56. The Hall–Kier alpha value is -2.08. The van der Waals surface area contributed by atoms with E-state index in [2.05, 4.69) is 0 Å². The van der Waals surface area contributed by atoms with E-state index in [1.165, 1.54) is 0 Å². The second kappa shape index (κ2) is 6.20. The van der Waals surface area contributed by atoms with Crippen molar-refractivity contribution in [1.82, 2.24) is 4.90 Å². The maximum atomic E-state index is 12.6. The van der Waals surface area contributed by atoms with Crippen LogP contribution in [-0.4, -0.2) is 55.7 Å². The van der Waals surface area contributed by atoms with Gasteiger partial charge in [0.15, 0.2) is 0 Å². The number of hydrogen-bond acceptors (Lipinski definition) is 4. The first-order valence-electron chi connectivity index (χ1n) is 7.92. The molecular weight excluding hydrogens is 296 g/mol. The molecule has 124 valence electrons. The Morgan fingerprint density at radius 3 is 2.74 bits per heavy atom. The van der Waals surface area contributed by atoms with Crippen LogP contribution in [0.4, 0.5) is 5.69 Å². The van der Waals surface area contributed by atoms with Crippen LogP contribution >= 0.6 is 0 Å². The Balaban J connectivity index is 1.73. The van der Waals surface area contributed by atoms with Gasteiger partial charge in [-0.3, -0.25) is 9.59 Å². The number of nitrogens with zero attached hydrogens (tertiary/aromatic N) is 2. The number of piperazine rings is 1. The average Bonchev–Trinajstić information content (AvgIpc) is 3.02. The molecule has 2 amide bonds. The number of carbonyl (C=O) groups excluding carboxylic acids is 2. The van der Waals surface area contributed by atoms with Crippen LogP contribution in [0.5, 0.6) is 5.75 Å². The Morgan fingerprint density at radius 1 is 1.30 bits per heavy atom. The summed E-state index contributed by atoms with van der Waals surface area (Å²) in [7, 11) is 1.58. The van der Waals surface area contributed by atoms with Crippen LogP contribution < -0.4 is 9.64 Å². The molecule has 6 nitrogen and oxygen atoms in total. The number of methoxy groups -OCH3 is 1. The Labute approximate surface area is 136 Å². The van der Waals surface area contributed by atoms with Crippen LogP contribution in [0.2, 0.25) is 0 Å². The summed E-state index contributed by atoms with van der Waals surface area (Å²) in [5, 5.41) is 0. The van der Waals surface area contributed by atoms with Crippen molar-refractivity contribution in [3.8, 4) is 5.75 Å². The fourth-order valence-corrected chi connectivity index (χ4v) is 3.24. The number of hydrogen-bond donors (Lipinski definition) is 0. The number of anilines is 1. The number of amides is 2. The summed E-state index contributed by atoms with van der Waals surface area (Å²) in [6, 6.07) is 7.42. The highest BCUT2D eigenvalue weighted by molar-refractivity contribution is 6.00. The number of carbonyl (C=O) groups is 2. The molecule has 2 fully saturated rings. The van der Waals surface area contributed by atoms with Crippen molar-refractivity contribution in [3.05, 3.63) is 24.3 Å². The van der Waals surface area contributed by atoms with Crippen molar-refractivity contribution in [2.45, 2.75) is 25.4 Å². The van der Waals surface area contributed by atoms with Gasteiger partial charge in [-0.25, -0.2) is 0 Å². The van der Waals surface area contributed by atoms with Gasteiger partial charge in [0.2, 0.25) is 5.91 Å². The molecule has 23 heavy (non-hydrogen) atoms. The van der Waals surface area contributed by atoms with Crippen molar-refractivity contribution < 1.29 is 19.1 Å². The molecule has 1 aromatic carbocycles. The zero-order valence-electron chi connectivity index (χ0n) is 13.6. The lowest BCUT2D eigenvalue weighted by Crippen LogP contribution is -2.57. The van der Waals surface area contributed by atoms with E-state index in [1.807, 2.05) is 31.2 Å². The van der Waals surface area contributed by atoms with Gasteiger partial charge in [-0.05, 0) is 31.9 Å². The summed E-state index contributed by atoms with van der Waals surface area (Å²) in [5.74, 6) is 0.477. The van der Waals surface area contributed by atoms with Gasteiger partial charge in [0.25, 0.3) is 5.91 Å². The lowest BCUT2D eigenvalue weighted by molar-refractivity contribution is -0.153. The molecular formula is C17H22N2O4. The second-order valence-corrected chi connectivity index (χ2v) is 6.13. The molecule has 0 radical (unpaired) electrons. The van der Waals surface area contributed by atoms with Gasteiger partial charge in [-0.1, -0.05) is 12.1 Å². The number of rotatable bonds is 3. The smallest absolute Gasteiger partial charge is 0.255 e. The summed E-state index contributed by atoms with van der Waals surface area (Å²) in [4.78, 5) is 28.5. The normalized spacial score (nSPS) is 24.9.